The SMILES string of the molecule is COCC(NC(C(=O)OC)C(C)C)C(=O)O. The predicted molar refractivity (Wildman–Crippen MR) is 57.1 cm³/mol. The highest BCUT2D eigenvalue weighted by Gasteiger charge is 2.28. The van der Waals surface area contributed by atoms with Gasteiger partial charge in [-0.05, 0) is 5.92 Å². The molecule has 2 unspecified atom stereocenters. The molecule has 0 radical (unpaired) electrons. The Bertz CT molecular complexity index is 241. The van der Waals surface area contributed by atoms with Crippen molar-refractivity contribution >= 4 is 11.9 Å². The normalized spacial score (nSPS) is 14.6. The second kappa shape index (κ2) is 7.19. The van der Waals surface area contributed by atoms with Crippen LogP contribution < -0.4 is 5.32 Å². The maximum absolute atomic E-state index is 11.4. The summed E-state index contributed by atoms with van der Waals surface area (Å²) in [6, 6.07) is -1.57. The van der Waals surface area contributed by atoms with Crippen molar-refractivity contribution in [1.82, 2.24) is 5.32 Å². The van der Waals surface area contributed by atoms with Gasteiger partial charge >= 0.3 is 11.9 Å². The van der Waals surface area contributed by atoms with Crippen LogP contribution in [0.2, 0.25) is 0 Å². The molecular formula is C10H19NO5. The summed E-state index contributed by atoms with van der Waals surface area (Å²) in [5.74, 6) is -1.60. The fourth-order valence-corrected chi connectivity index (χ4v) is 1.23. The molecule has 2 atom stereocenters. The molecule has 0 heterocycles. The zero-order valence-corrected chi connectivity index (χ0v) is 10.0. The Labute approximate surface area is 94.9 Å². The van der Waals surface area contributed by atoms with Crippen LogP contribution in [0.1, 0.15) is 13.8 Å². The van der Waals surface area contributed by atoms with E-state index < -0.39 is 24.0 Å². The molecule has 0 aliphatic rings. The van der Waals surface area contributed by atoms with Crippen molar-refractivity contribution in [3.8, 4) is 0 Å². The van der Waals surface area contributed by atoms with Crippen molar-refractivity contribution in [2.45, 2.75) is 25.9 Å². The minimum atomic E-state index is -1.06. The Morgan fingerprint density at radius 2 is 1.88 bits per heavy atom. The lowest BCUT2D eigenvalue weighted by Gasteiger charge is -2.23. The Hall–Kier alpha value is -1.14. The van der Waals surface area contributed by atoms with Gasteiger partial charge in [-0.15, -0.1) is 0 Å². The van der Waals surface area contributed by atoms with Gasteiger partial charge in [-0.1, -0.05) is 13.8 Å². The second-order valence-electron chi connectivity index (χ2n) is 3.76. The number of carbonyl (C=O) groups excluding carboxylic acids is 1. The Morgan fingerprint density at radius 1 is 1.31 bits per heavy atom. The summed E-state index contributed by atoms with van der Waals surface area (Å²) in [7, 11) is 2.67. The number of carboxylic acid groups (broad SMARTS) is 1. The van der Waals surface area contributed by atoms with Crippen LogP contribution in [0.5, 0.6) is 0 Å². The summed E-state index contributed by atoms with van der Waals surface area (Å²) < 4.78 is 9.36. The van der Waals surface area contributed by atoms with Gasteiger partial charge in [0.25, 0.3) is 0 Å². The lowest BCUT2D eigenvalue weighted by molar-refractivity contribution is -0.146. The second-order valence-corrected chi connectivity index (χ2v) is 3.76. The molecule has 0 rings (SSSR count). The summed E-state index contributed by atoms with van der Waals surface area (Å²) in [5, 5.41) is 11.6. The summed E-state index contributed by atoms with van der Waals surface area (Å²) in [4.78, 5) is 22.3. The molecule has 0 bridgehead atoms. The number of aliphatic carboxylic acids is 1. The minimum Gasteiger partial charge on any atom is -0.480 e. The molecule has 16 heavy (non-hydrogen) atoms. The lowest BCUT2D eigenvalue weighted by atomic mass is 10.0. The number of carboxylic acids is 1. The van der Waals surface area contributed by atoms with Gasteiger partial charge in [-0.2, -0.15) is 0 Å². The molecule has 0 amide bonds. The van der Waals surface area contributed by atoms with E-state index in [0.717, 1.165) is 0 Å². The zero-order chi connectivity index (χ0) is 12.7. The molecule has 0 spiro atoms. The Morgan fingerprint density at radius 3 is 2.19 bits per heavy atom. The van der Waals surface area contributed by atoms with E-state index in [0.29, 0.717) is 0 Å². The van der Waals surface area contributed by atoms with Gasteiger partial charge in [0.05, 0.1) is 13.7 Å². The van der Waals surface area contributed by atoms with Crippen LogP contribution in [0.15, 0.2) is 0 Å². The van der Waals surface area contributed by atoms with Gasteiger partial charge < -0.3 is 14.6 Å². The van der Waals surface area contributed by atoms with Crippen molar-refractivity contribution in [3.05, 3.63) is 0 Å². The topological polar surface area (TPSA) is 84.9 Å². The summed E-state index contributed by atoms with van der Waals surface area (Å²) in [6.07, 6.45) is 0. The van der Waals surface area contributed by atoms with Gasteiger partial charge in [0, 0.05) is 7.11 Å². The van der Waals surface area contributed by atoms with Gasteiger partial charge in [0.1, 0.15) is 12.1 Å². The highest BCUT2D eigenvalue weighted by Crippen LogP contribution is 2.05. The molecule has 0 aliphatic heterocycles. The number of hydrogen-bond acceptors (Lipinski definition) is 5. The molecule has 6 nitrogen and oxygen atoms in total. The van der Waals surface area contributed by atoms with Crippen molar-refractivity contribution in [3.63, 3.8) is 0 Å². The molecular weight excluding hydrogens is 214 g/mol. The third-order valence-corrected chi connectivity index (χ3v) is 2.13. The molecule has 2 N–H and O–H groups in total. The third-order valence-electron chi connectivity index (χ3n) is 2.13. The molecule has 0 aromatic carbocycles. The van der Waals surface area contributed by atoms with E-state index in [4.69, 9.17) is 9.84 Å². The van der Waals surface area contributed by atoms with Crippen LogP contribution in [-0.2, 0) is 19.1 Å². The molecule has 0 saturated carbocycles. The van der Waals surface area contributed by atoms with E-state index in [1.54, 1.807) is 13.8 Å². The summed E-state index contributed by atoms with van der Waals surface area (Å²) >= 11 is 0. The molecule has 6 heteroatoms. The van der Waals surface area contributed by atoms with Crippen LogP contribution in [0.25, 0.3) is 0 Å². The number of esters is 1. The monoisotopic (exact) mass is 233 g/mol. The standard InChI is InChI=1S/C10H19NO5/c1-6(2)8(10(14)16-4)11-7(5-15-3)9(12)13/h6-8,11H,5H2,1-4H3,(H,12,13). The van der Waals surface area contributed by atoms with Crippen molar-refractivity contribution in [2.24, 2.45) is 5.92 Å². The molecule has 0 saturated heterocycles. The Kier molecular flexibility index (Phi) is 6.67. The number of nitrogens with one attached hydrogen (secondary N) is 1. The van der Waals surface area contributed by atoms with Crippen molar-refractivity contribution < 1.29 is 24.2 Å². The third kappa shape index (κ3) is 4.59. The summed E-state index contributed by atoms with van der Waals surface area (Å²) in [5.41, 5.74) is 0. The molecule has 94 valence electrons. The minimum absolute atomic E-state index is 0.00442. The molecule has 0 aromatic rings. The van der Waals surface area contributed by atoms with Crippen LogP contribution in [0, 0.1) is 5.92 Å². The maximum atomic E-state index is 11.4. The first-order valence-electron chi connectivity index (χ1n) is 4.99. The van der Waals surface area contributed by atoms with Gasteiger partial charge in [0.2, 0.25) is 0 Å². The first-order chi connectivity index (χ1) is 7.43. The first kappa shape index (κ1) is 14.9. The molecule has 0 aromatic heterocycles. The smallest absolute Gasteiger partial charge is 0.323 e. The van der Waals surface area contributed by atoms with Crippen LogP contribution in [0.3, 0.4) is 0 Å². The highest BCUT2D eigenvalue weighted by molar-refractivity contribution is 5.78. The van der Waals surface area contributed by atoms with E-state index in [2.05, 4.69) is 10.1 Å². The van der Waals surface area contributed by atoms with E-state index in [-0.39, 0.29) is 12.5 Å². The van der Waals surface area contributed by atoms with Crippen molar-refractivity contribution in [1.29, 1.82) is 0 Å². The number of carbonyl (C=O) groups is 2. The fourth-order valence-electron chi connectivity index (χ4n) is 1.23. The van der Waals surface area contributed by atoms with E-state index in [1.165, 1.54) is 14.2 Å². The van der Waals surface area contributed by atoms with Crippen LogP contribution in [-0.4, -0.2) is 50.0 Å². The zero-order valence-electron chi connectivity index (χ0n) is 10.0. The van der Waals surface area contributed by atoms with E-state index in [1.807, 2.05) is 0 Å². The van der Waals surface area contributed by atoms with Gasteiger partial charge in [0.15, 0.2) is 0 Å². The number of ether oxygens (including phenoxy) is 2. The molecule has 0 aliphatic carbocycles. The van der Waals surface area contributed by atoms with Gasteiger partial charge in [-0.25, -0.2) is 0 Å². The van der Waals surface area contributed by atoms with E-state index in [9.17, 15) is 9.59 Å². The molecule has 0 fully saturated rings. The predicted octanol–water partition coefficient (Wildman–Crippen LogP) is -0.127. The van der Waals surface area contributed by atoms with Crippen molar-refractivity contribution in [2.75, 3.05) is 20.8 Å². The largest absolute Gasteiger partial charge is 0.480 e. The van der Waals surface area contributed by atoms with Gasteiger partial charge in [-0.3, -0.25) is 14.9 Å². The average molecular weight is 233 g/mol. The first-order valence-corrected chi connectivity index (χ1v) is 4.99. The van der Waals surface area contributed by atoms with E-state index >= 15 is 0 Å². The van der Waals surface area contributed by atoms with Crippen LogP contribution >= 0.6 is 0 Å². The van der Waals surface area contributed by atoms with Crippen LogP contribution in [0.4, 0.5) is 0 Å². The average Bonchev–Trinajstić information content (AvgIpc) is 2.22. The Balaban J connectivity index is 4.57. The quantitative estimate of drug-likeness (QED) is 0.596. The summed E-state index contributed by atoms with van der Waals surface area (Å²) in [6.45, 7) is 3.61. The number of hydrogen-bond donors (Lipinski definition) is 2. The number of methoxy groups -OCH3 is 2. The maximum Gasteiger partial charge on any atom is 0.323 e. The fraction of sp³-hybridized carbons (Fsp3) is 0.800. The number of rotatable bonds is 7. The lowest BCUT2D eigenvalue weighted by Crippen LogP contribution is -2.51. The highest BCUT2D eigenvalue weighted by atomic mass is 16.5.